The Bertz CT molecular complexity index is 898. The average Bonchev–Trinajstić information content (AvgIpc) is 2.87. The van der Waals surface area contributed by atoms with Crippen LogP contribution in [0.4, 0.5) is 0 Å². The second-order valence-electron chi connectivity index (χ2n) is 5.65. The van der Waals surface area contributed by atoms with Crippen molar-refractivity contribution in [2.24, 2.45) is 0 Å². The predicted molar refractivity (Wildman–Crippen MR) is 100 cm³/mol. The Hall–Kier alpha value is -1.85. The van der Waals surface area contributed by atoms with E-state index in [0.717, 1.165) is 31.3 Å². The van der Waals surface area contributed by atoms with Crippen molar-refractivity contribution in [3.63, 3.8) is 0 Å². The summed E-state index contributed by atoms with van der Waals surface area (Å²) in [5, 5.41) is 2.01. The zero-order valence-electron chi connectivity index (χ0n) is 14.2. The van der Waals surface area contributed by atoms with Gasteiger partial charge in [-0.15, -0.1) is 11.3 Å². The molecule has 0 fully saturated rings. The fourth-order valence-electron chi connectivity index (χ4n) is 2.60. The van der Waals surface area contributed by atoms with Crippen LogP contribution in [-0.2, 0) is 4.74 Å². The number of thiophene rings is 1. The Morgan fingerprint density at radius 2 is 1.92 bits per heavy atom. The average molecular weight is 358 g/mol. The lowest BCUT2D eigenvalue weighted by molar-refractivity contribution is 0.0531. The van der Waals surface area contributed by atoms with Crippen LogP contribution in [0, 0.1) is 20.8 Å². The van der Waals surface area contributed by atoms with Gasteiger partial charge in [0.25, 0.3) is 0 Å². The Morgan fingerprint density at radius 3 is 2.58 bits per heavy atom. The molecular formula is C19H19NO2S2. The normalized spacial score (nSPS) is 11.0. The molecule has 0 aliphatic heterocycles. The van der Waals surface area contributed by atoms with E-state index in [1.165, 1.54) is 16.9 Å². The highest BCUT2D eigenvalue weighted by Crippen LogP contribution is 2.36. The lowest BCUT2D eigenvalue weighted by Crippen LogP contribution is -2.03. The highest BCUT2D eigenvalue weighted by Gasteiger charge is 2.19. The van der Waals surface area contributed by atoms with E-state index < -0.39 is 0 Å². The molecule has 0 amide bonds. The number of carbonyl (C=O) groups excluding carboxylic acids is 1. The molecule has 0 bridgehead atoms. The van der Waals surface area contributed by atoms with Crippen LogP contribution in [0.15, 0.2) is 40.3 Å². The number of fused-ring (bicyclic) bond motifs is 1. The molecule has 0 N–H and O–H groups in total. The first-order valence-electron chi connectivity index (χ1n) is 7.82. The molecule has 0 spiro atoms. The molecule has 0 aliphatic rings. The number of hydrogen-bond acceptors (Lipinski definition) is 5. The number of hydrogen-bond donors (Lipinski definition) is 0. The van der Waals surface area contributed by atoms with Crippen LogP contribution in [0.1, 0.15) is 33.3 Å². The number of rotatable bonds is 4. The number of benzene rings is 1. The molecule has 2 heterocycles. The minimum absolute atomic E-state index is 0.259. The molecule has 5 heteroatoms. The Labute approximate surface area is 150 Å². The first kappa shape index (κ1) is 17.0. The lowest BCUT2D eigenvalue weighted by atomic mass is 10.1. The standard InChI is InChI=1S/C19H19NO2S2/c1-5-22-19(21)17-13(4)16-12(3)10-15(20-18(16)24-17)23-14-8-6-11(2)7-9-14/h6-10H,5H2,1-4H3. The van der Waals surface area contributed by atoms with Crippen molar-refractivity contribution >= 4 is 39.3 Å². The van der Waals surface area contributed by atoms with E-state index in [1.54, 1.807) is 11.8 Å². The topological polar surface area (TPSA) is 39.2 Å². The zero-order valence-corrected chi connectivity index (χ0v) is 15.8. The summed E-state index contributed by atoms with van der Waals surface area (Å²) in [6.07, 6.45) is 0. The number of aromatic nitrogens is 1. The van der Waals surface area contributed by atoms with Crippen molar-refractivity contribution in [1.82, 2.24) is 4.98 Å². The van der Waals surface area contributed by atoms with E-state index in [0.29, 0.717) is 11.5 Å². The molecule has 0 aliphatic carbocycles. The number of nitrogens with zero attached hydrogens (tertiary/aromatic N) is 1. The number of aryl methyl sites for hydroxylation is 3. The summed E-state index contributed by atoms with van der Waals surface area (Å²) in [4.78, 5) is 19.6. The highest BCUT2D eigenvalue weighted by molar-refractivity contribution is 7.99. The SMILES string of the molecule is CCOC(=O)c1sc2nc(Sc3ccc(C)cc3)cc(C)c2c1C. The van der Waals surface area contributed by atoms with Crippen molar-refractivity contribution in [2.45, 2.75) is 37.6 Å². The summed E-state index contributed by atoms with van der Waals surface area (Å²) in [5.41, 5.74) is 3.34. The predicted octanol–water partition coefficient (Wildman–Crippen LogP) is 5.55. The number of carbonyl (C=O) groups is 1. The van der Waals surface area contributed by atoms with Crippen LogP contribution < -0.4 is 0 Å². The minimum Gasteiger partial charge on any atom is -0.462 e. The Balaban J connectivity index is 2.00. The Morgan fingerprint density at radius 1 is 1.21 bits per heavy atom. The molecule has 3 nitrogen and oxygen atoms in total. The van der Waals surface area contributed by atoms with Gasteiger partial charge in [0.1, 0.15) is 14.7 Å². The molecule has 0 saturated carbocycles. The maximum Gasteiger partial charge on any atom is 0.348 e. The third kappa shape index (κ3) is 3.32. The van der Waals surface area contributed by atoms with Gasteiger partial charge in [0.05, 0.1) is 6.61 Å². The fraction of sp³-hybridized carbons (Fsp3) is 0.263. The molecule has 0 saturated heterocycles. The third-order valence-electron chi connectivity index (χ3n) is 3.78. The highest BCUT2D eigenvalue weighted by atomic mass is 32.2. The van der Waals surface area contributed by atoms with E-state index in [4.69, 9.17) is 9.72 Å². The van der Waals surface area contributed by atoms with E-state index in [9.17, 15) is 4.79 Å². The second-order valence-corrected chi connectivity index (χ2v) is 7.74. The Kier molecular flexibility index (Phi) is 4.92. The smallest absolute Gasteiger partial charge is 0.348 e. The van der Waals surface area contributed by atoms with E-state index in [2.05, 4.69) is 44.2 Å². The van der Waals surface area contributed by atoms with E-state index in [-0.39, 0.29) is 5.97 Å². The molecule has 0 atom stereocenters. The van der Waals surface area contributed by atoms with Gasteiger partial charge in [0, 0.05) is 10.3 Å². The van der Waals surface area contributed by atoms with Gasteiger partial charge in [-0.3, -0.25) is 0 Å². The molecule has 3 aromatic rings. The van der Waals surface area contributed by atoms with Crippen molar-refractivity contribution in [2.75, 3.05) is 6.61 Å². The number of ether oxygens (including phenoxy) is 1. The quantitative estimate of drug-likeness (QED) is 0.574. The van der Waals surface area contributed by atoms with Gasteiger partial charge >= 0.3 is 5.97 Å². The van der Waals surface area contributed by atoms with Crippen LogP contribution in [0.25, 0.3) is 10.2 Å². The van der Waals surface area contributed by atoms with Gasteiger partial charge in [-0.25, -0.2) is 9.78 Å². The third-order valence-corrected chi connectivity index (χ3v) is 5.87. The van der Waals surface area contributed by atoms with Crippen molar-refractivity contribution in [3.05, 3.63) is 51.9 Å². The summed E-state index contributed by atoms with van der Waals surface area (Å²) in [5.74, 6) is -0.259. The second kappa shape index (κ2) is 6.95. The molecule has 1 aromatic carbocycles. The molecule has 0 radical (unpaired) electrons. The van der Waals surface area contributed by atoms with Crippen molar-refractivity contribution < 1.29 is 9.53 Å². The molecule has 124 valence electrons. The van der Waals surface area contributed by atoms with E-state index >= 15 is 0 Å². The molecule has 3 rings (SSSR count). The molecule has 2 aromatic heterocycles. The van der Waals surface area contributed by atoms with Gasteiger partial charge in [-0.1, -0.05) is 29.5 Å². The maximum absolute atomic E-state index is 12.1. The maximum atomic E-state index is 12.1. The number of esters is 1. The van der Waals surface area contributed by atoms with Crippen LogP contribution in [0.5, 0.6) is 0 Å². The summed E-state index contributed by atoms with van der Waals surface area (Å²) < 4.78 is 5.15. The van der Waals surface area contributed by atoms with Gasteiger partial charge in [0.15, 0.2) is 0 Å². The van der Waals surface area contributed by atoms with Gasteiger partial charge in [-0.2, -0.15) is 0 Å². The van der Waals surface area contributed by atoms with Gasteiger partial charge in [0.2, 0.25) is 0 Å². The fourth-order valence-corrected chi connectivity index (χ4v) is 4.70. The van der Waals surface area contributed by atoms with Crippen LogP contribution in [0.2, 0.25) is 0 Å². The largest absolute Gasteiger partial charge is 0.462 e. The van der Waals surface area contributed by atoms with Gasteiger partial charge < -0.3 is 4.74 Å². The minimum atomic E-state index is -0.259. The monoisotopic (exact) mass is 357 g/mol. The first-order valence-corrected chi connectivity index (χ1v) is 9.45. The van der Waals surface area contributed by atoms with Crippen LogP contribution in [0.3, 0.4) is 0 Å². The van der Waals surface area contributed by atoms with Gasteiger partial charge in [-0.05, 0) is 57.0 Å². The van der Waals surface area contributed by atoms with Crippen molar-refractivity contribution in [1.29, 1.82) is 0 Å². The van der Waals surface area contributed by atoms with Crippen LogP contribution >= 0.6 is 23.1 Å². The summed E-state index contributed by atoms with van der Waals surface area (Å²) in [6.45, 7) is 8.31. The summed E-state index contributed by atoms with van der Waals surface area (Å²) >= 11 is 3.05. The zero-order chi connectivity index (χ0) is 17.3. The lowest BCUT2D eigenvalue weighted by Gasteiger charge is -2.05. The molecule has 0 unspecified atom stereocenters. The summed E-state index contributed by atoms with van der Waals surface area (Å²) in [7, 11) is 0. The molecular weight excluding hydrogens is 338 g/mol. The van der Waals surface area contributed by atoms with E-state index in [1.807, 2.05) is 13.8 Å². The van der Waals surface area contributed by atoms with Crippen LogP contribution in [-0.4, -0.2) is 17.6 Å². The number of pyridine rings is 1. The first-order chi connectivity index (χ1) is 11.5. The van der Waals surface area contributed by atoms with Crippen molar-refractivity contribution in [3.8, 4) is 0 Å². The molecule has 24 heavy (non-hydrogen) atoms. The summed E-state index contributed by atoms with van der Waals surface area (Å²) in [6, 6.07) is 10.5.